The number of nitrogens with zero attached hydrogens (tertiary/aromatic N) is 1. The number of aliphatic hydroxyl groups is 1. The van der Waals surface area contributed by atoms with Gasteiger partial charge in [0.15, 0.2) is 22.9 Å². The number of ether oxygens (including phenoxy) is 2. The van der Waals surface area contributed by atoms with Crippen LogP contribution in [0.3, 0.4) is 0 Å². The molecule has 0 radical (unpaired) electrons. The van der Waals surface area contributed by atoms with Gasteiger partial charge in [-0.2, -0.15) is 0 Å². The van der Waals surface area contributed by atoms with E-state index in [-0.39, 0.29) is 18.7 Å². The summed E-state index contributed by atoms with van der Waals surface area (Å²) >= 11 is 0. The summed E-state index contributed by atoms with van der Waals surface area (Å²) in [7, 11) is 0. The first kappa shape index (κ1) is 17.3. The molecular weight excluding hydrogens is 346 g/mol. The number of carbonyl (C=O) groups excluding carboxylic acids is 2. The van der Waals surface area contributed by atoms with Crippen LogP contribution < -0.4 is 14.4 Å². The maximum Gasteiger partial charge on any atom is 0.264 e. The van der Waals surface area contributed by atoms with E-state index in [1.165, 1.54) is 4.90 Å². The number of benzene rings is 2. The number of para-hydroxylation sites is 1. The van der Waals surface area contributed by atoms with E-state index < -0.39 is 11.5 Å². The highest BCUT2D eigenvalue weighted by atomic mass is 16.6. The molecule has 0 spiro atoms. The molecule has 2 aliphatic rings. The zero-order chi connectivity index (χ0) is 19.0. The van der Waals surface area contributed by atoms with Crippen molar-refractivity contribution in [1.29, 1.82) is 0 Å². The molecule has 1 N–H and O–H groups in total. The first-order valence-corrected chi connectivity index (χ1v) is 8.72. The second-order valence-electron chi connectivity index (χ2n) is 6.54. The zero-order valence-corrected chi connectivity index (χ0v) is 14.7. The van der Waals surface area contributed by atoms with E-state index in [0.717, 1.165) is 0 Å². The van der Waals surface area contributed by atoms with Crippen molar-refractivity contribution in [2.24, 2.45) is 0 Å². The van der Waals surface area contributed by atoms with Crippen molar-refractivity contribution in [3.05, 3.63) is 66.2 Å². The van der Waals surface area contributed by atoms with Gasteiger partial charge in [0.05, 0.1) is 12.1 Å². The highest BCUT2D eigenvalue weighted by Gasteiger charge is 2.50. The third-order valence-electron chi connectivity index (χ3n) is 4.83. The van der Waals surface area contributed by atoms with Gasteiger partial charge >= 0.3 is 0 Å². The average molecular weight is 365 g/mol. The summed E-state index contributed by atoms with van der Waals surface area (Å²) in [5.41, 5.74) is -0.507. The van der Waals surface area contributed by atoms with E-state index in [0.29, 0.717) is 41.5 Å². The topological polar surface area (TPSA) is 76.1 Å². The number of rotatable bonds is 5. The molecule has 0 bridgehead atoms. The summed E-state index contributed by atoms with van der Waals surface area (Å²) in [5.74, 6) is 0.203. The largest absolute Gasteiger partial charge is 0.486 e. The molecule has 27 heavy (non-hydrogen) atoms. The Hall–Kier alpha value is -3.12. The van der Waals surface area contributed by atoms with Crippen LogP contribution in [0.15, 0.2) is 55.1 Å². The Labute approximate surface area is 156 Å². The Morgan fingerprint density at radius 1 is 1.19 bits per heavy atom. The molecule has 1 unspecified atom stereocenters. The van der Waals surface area contributed by atoms with E-state index in [2.05, 4.69) is 6.58 Å². The fraction of sp³-hybridized carbons (Fsp3) is 0.238. The number of hydrogen-bond donors (Lipinski definition) is 1. The zero-order valence-electron chi connectivity index (χ0n) is 14.7. The highest BCUT2D eigenvalue weighted by molar-refractivity contribution is 6.11. The molecule has 0 saturated heterocycles. The van der Waals surface area contributed by atoms with Crippen LogP contribution in [0.5, 0.6) is 11.5 Å². The Bertz CT molecular complexity index is 938. The second-order valence-corrected chi connectivity index (χ2v) is 6.54. The van der Waals surface area contributed by atoms with Gasteiger partial charge in [0, 0.05) is 17.7 Å². The molecule has 0 fully saturated rings. The summed E-state index contributed by atoms with van der Waals surface area (Å²) in [6.45, 7) is 4.80. The molecule has 6 nitrogen and oxygen atoms in total. The van der Waals surface area contributed by atoms with Gasteiger partial charge in [0.25, 0.3) is 5.91 Å². The van der Waals surface area contributed by atoms with Crippen molar-refractivity contribution in [3.63, 3.8) is 0 Å². The van der Waals surface area contributed by atoms with Gasteiger partial charge in [0.2, 0.25) is 0 Å². The summed E-state index contributed by atoms with van der Waals surface area (Å²) in [4.78, 5) is 27.2. The number of anilines is 1. The molecule has 2 aliphatic heterocycles. The predicted octanol–water partition coefficient (Wildman–Crippen LogP) is 2.45. The molecule has 1 atom stereocenters. The Morgan fingerprint density at radius 2 is 1.93 bits per heavy atom. The van der Waals surface area contributed by atoms with Crippen LogP contribution in [0.2, 0.25) is 0 Å². The number of Topliss-reactive ketones (excluding diaryl/α,β-unsaturated/α-hetero) is 1. The fourth-order valence-electron chi connectivity index (χ4n) is 3.54. The normalized spacial score (nSPS) is 20.3. The maximum atomic E-state index is 12.9. The summed E-state index contributed by atoms with van der Waals surface area (Å²) in [6.07, 6.45) is 1.24. The van der Waals surface area contributed by atoms with Crippen molar-refractivity contribution in [1.82, 2.24) is 0 Å². The molecule has 0 saturated carbocycles. The van der Waals surface area contributed by atoms with Crippen LogP contribution in [0, 0.1) is 0 Å². The van der Waals surface area contributed by atoms with Crippen molar-refractivity contribution in [2.45, 2.75) is 12.0 Å². The van der Waals surface area contributed by atoms with E-state index >= 15 is 0 Å². The minimum Gasteiger partial charge on any atom is -0.486 e. The number of amides is 1. The molecule has 6 heteroatoms. The van der Waals surface area contributed by atoms with Gasteiger partial charge in [-0.1, -0.05) is 24.3 Å². The lowest BCUT2D eigenvalue weighted by Crippen LogP contribution is -2.41. The van der Waals surface area contributed by atoms with Crippen LogP contribution >= 0.6 is 0 Å². The predicted molar refractivity (Wildman–Crippen MR) is 99.3 cm³/mol. The summed E-state index contributed by atoms with van der Waals surface area (Å²) < 4.78 is 11.0. The van der Waals surface area contributed by atoms with Gasteiger partial charge < -0.3 is 19.5 Å². The lowest BCUT2D eigenvalue weighted by Gasteiger charge is -2.23. The fourth-order valence-corrected chi connectivity index (χ4v) is 3.54. The minimum atomic E-state index is -1.90. The molecule has 0 aliphatic carbocycles. The number of fused-ring (bicyclic) bond motifs is 2. The van der Waals surface area contributed by atoms with Crippen LogP contribution in [-0.4, -0.2) is 36.6 Å². The molecule has 2 aromatic carbocycles. The van der Waals surface area contributed by atoms with Gasteiger partial charge in [-0.25, -0.2) is 0 Å². The molecular formula is C21H19NO5. The van der Waals surface area contributed by atoms with Crippen molar-refractivity contribution < 1.29 is 24.2 Å². The lowest BCUT2D eigenvalue weighted by molar-refractivity contribution is -0.135. The van der Waals surface area contributed by atoms with Crippen LogP contribution in [-0.2, 0) is 10.4 Å². The van der Waals surface area contributed by atoms with Gasteiger partial charge in [0.1, 0.15) is 13.2 Å². The summed E-state index contributed by atoms with van der Waals surface area (Å²) in [6, 6.07) is 11.8. The third-order valence-corrected chi connectivity index (χ3v) is 4.83. The molecule has 4 rings (SSSR count). The standard InChI is InChI=1S/C21H19NO5/c1-2-9-22-16-6-4-3-5-15(16)21(25,20(22)24)13-17(23)14-7-8-18-19(12-14)27-11-10-26-18/h2-8,12,25H,1,9-11,13H2. The SMILES string of the molecule is C=CCN1C(=O)C(O)(CC(=O)c2ccc3c(c2)OCCO3)c2ccccc21. The molecule has 1 amide bonds. The minimum absolute atomic E-state index is 0.260. The monoisotopic (exact) mass is 365 g/mol. The van der Waals surface area contributed by atoms with Gasteiger partial charge in [-0.05, 0) is 24.3 Å². The highest BCUT2D eigenvalue weighted by Crippen LogP contribution is 2.43. The number of carbonyl (C=O) groups is 2. The average Bonchev–Trinajstić information content (AvgIpc) is 2.90. The Kier molecular flexibility index (Phi) is 4.20. The van der Waals surface area contributed by atoms with E-state index in [1.807, 2.05) is 0 Å². The molecule has 2 aromatic rings. The Morgan fingerprint density at radius 3 is 2.70 bits per heavy atom. The number of hydrogen-bond acceptors (Lipinski definition) is 5. The number of ketones is 1. The third kappa shape index (κ3) is 2.78. The molecule has 0 aromatic heterocycles. The smallest absolute Gasteiger partial charge is 0.264 e. The lowest BCUT2D eigenvalue weighted by atomic mass is 9.88. The van der Waals surface area contributed by atoms with E-state index in [9.17, 15) is 14.7 Å². The Balaban J connectivity index is 1.66. The van der Waals surface area contributed by atoms with Gasteiger partial charge in [-0.3, -0.25) is 9.59 Å². The van der Waals surface area contributed by atoms with Crippen molar-refractivity contribution in [2.75, 3.05) is 24.7 Å². The quantitative estimate of drug-likeness (QED) is 0.651. The molecule has 138 valence electrons. The molecule has 2 heterocycles. The van der Waals surface area contributed by atoms with E-state index in [4.69, 9.17) is 9.47 Å². The van der Waals surface area contributed by atoms with Crippen molar-refractivity contribution >= 4 is 17.4 Å². The van der Waals surface area contributed by atoms with Crippen LogP contribution in [0.4, 0.5) is 5.69 Å². The van der Waals surface area contributed by atoms with Crippen LogP contribution in [0.25, 0.3) is 0 Å². The van der Waals surface area contributed by atoms with Crippen molar-refractivity contribution in [3.8, 4) is 11.5 Å². The van der Waals surface area contributed by atoms with Gasteiger partial charge in [-0.15, -0.1) is 6.58 Å². The second kappa shape index (κ2) is 6.55. The first-order valence-electron chi connectivity index (χ1n) is 8.72. The maximum absolute atomic E-state index is 12.9. The van der Waals surface area contributed by atoms with E-state index in [1.54, 1.807) is 48.5 Å². The first-order chi connectivity index (χ1) is 13.0. The summed E-state index contributed by atoms with van der Waals surface area (Å²) in [5, 5.41) is 11.2. The van der Waals surface area contributed by atoms with Crippen LogP contribution in [0.1, 0.15) is 22.3 Å².